The van der Waals surface area contributed by atoms with Crippen LogP contribution in [-0.2, 0) is 5.92 Å². The monoisotopic (exact) mass is 274 g/mol. The molecule has 1 N–H and O–H groups in total. The number of benzene rings is 2. The van der Waals surface area contributed by atoms with Gasteiger partial charge in [-0.1, -0.05) is 60.7 Å². The van der Waals surface area contributed by atoms with E-state index in [0.717, 1.165) is 0 Å². The molecule has 1 nitrogen and oxygen atoms in total. The fourth-order valence-electron chi connectivity index (χ4n) is 1.96. The van der Waals surface area contributed by atoms with Gasteiger partial charge in [0.2, 0.25) is 0 Å². The molecule has 0 heterocycles. The highest BCUT2D eigenvalue weighted by molar-refractivity contribution is 5.31. The van der Waals surface area contributed by atoms with Crippen molar-refractivity contribution in [2.45, 2.75) is 19.0 Å². The predicted octanol–water partition coefficient (Wildman–Crippen LogP) is 4.46. The molecule has 0 radical (unpaired) electrons. The van der Waals surface area contributed by atoms with E-state index in [1.165, 1.54) is 25.1 Å². The minimum atomic E-state index is -3.09. The van der Waals surface area contributed by atoms with Crippen molar-refractivity contribution < 1.29 is 13.9 Å². The zero-order valence-electron chi connectivity index (χ0n) is 11.1. The molecule has 2 aromatic carbocycles. The highest BCUT2D eigenvalue weighted by atomic mass is 19.3. The van der Waals surface area contributed by atoms with E-state index >= 15 is 0 Å². The molecule has 0 saturated heterocycles. The van der Waals surface area contributed by atoms with E-state index in [9.17, 15) is 13.9 Å². The van der Waals surface area contributed by atoms with Gasteiger partial charge in [0.05, 0.1) is 6.10 Å². The summed E-state index contributed by atoms with van der Waals surface area (Å²) in [7, 11) is 0. The van der Waals surface area contributed by atoms with Gasteiger partial charge in [0.25, 0.3) is 5.92 Å². The molecule has 104 valence electrons. The first-order valence-corrected chi connectivity index (χ1v) is 6.37. The van der Waals surface area contributed by atoms with Crippen molar-refractivity contribution >= 4 is 0 Å². The van der Waals surface area contributed by atoms with Gasteiger partial charge >= 0.3 is 0 Å². The van der Waals surface area contributed by atoms with E-state index in [-0.39, 0.29) is 11.1 Å². The summed E-state index contributed by atoms with van der Waals surface area (Å²) < 4.78 is 28.5. The summed E-state index contributed by atoms with van der Waals surface area (Å²) in [6, 6.07) is 16.3. The van der Waals surface area contributed by atoms with Crippen molar-refractivity contribution in [2.75, 3.05) is 0 Å². The average molecular weight is 274 g/mol. The maximum atomic E-state index is 14.2. The molecule has 1 unspecified atom stereocenters. The molecule has 20 heavy (non-hydrogen) atoms. The Kier molecular flexibility index (Phi) is 4.30. The number of aliphatic hydroxyl groups excluding tert-OH is 1. The van der Waals surface area contributed by atoms with Crippen LogP contribution in [0.5, 0.6) is 0 Å². The highest BCUT2D eigenvalue weighted by Gasteiger charge is 2.33. The molecule has 0 aromatic heterocycles. The molecule has 3 heteroatoms. The molecule has 0 fully saturated rings. The van der Waals surface area contributed by atoms with Crippen LogP contribution in [0.2, 0.25) is 0 Å². The molecule has 0 spiro atoms. The topological polar surface area (TPSA) is 20.2 Å². The van der Waals surface area contributed by atoms with Crippen LogP contribution in [0, 0.1) is 0 Å². The number of allylic oxidation sites excluding steroid dienone is 1. The van der Waals surface area contributed by atoms with Gasteiger partial charge in [0, 0.05) is 5.56 Å². The summed E-state index contributed by atoms with van der Waals surface area (Å²) in [6.45, 7) is 1.33. The van der Waals surface area contributed by atoms with E-state index in [1.807, 2.05) is 6.07 Å². The molecule has 0 amide bonds. The molecule has 2 aromatic rings. The summed E-state index contributed by atoms with van der Waals surface area (Å²) in [5.41, 5.74) is 0.352. The van der Waals surface area contributed by atoms with Gasteiger partial charge in [-0.05, 0) is 24.1 Å². The van der Waals surface area contributed by atoms with E-state index < -0.39 is 12.0 Å². The second-order valence-corrected chi connectivity index (χ2v) is 4.65. The first-order chi connectivity index (χ1) is 9.51. The number of halogens is 2. The van der Waals surface area contributed by atoms with Crippen LogP contribution >= 0.6 is 0 Å². The zero-order chi connectivity index (χ0) is 14.6. The van der Waals surface area contributed by atoms with Crippen molar-refractivity contribution in [3.05, 3.63) is 83.4 Å². The number of hydrogen-bond donors (Lipinski definition) is 1. The van der Waals surface area contributed by atoms with Crippen LogP contribution in [0.15, 0.2) is 72.3 Å². The van der Waals surface area contributed by atoms with Crippen molar-refractivity contribution in [3.63, 3.8) is 0 Å². The Hall–Kier alpha value is -2.00. The third kappa shape index (κ3) is 3.11. The van der Waals surface area contributed by atoms with Crippen LogP contribution in [-0.4, -0.2) is 5.11 Å². The average Bonchev–Trinajstić information content (AvgIpc) is 2.49. The van der Waals surface area contributed by atoms with Crippen molar-refractivity contribution in [2.24, 2.45) is 0 Å². The van der Waals surface area contributed by atoms with Crippen molar-refractivity contribution in [3.8, 4) is 0 Å². The largest absolute Gasteiger partial charge is 0.384 e. The second-order valence-electron chi connectivity index (χ2n) is 4.65. The predicted molar refractivity (Wildman–Crippen MR) is 75.5 cm³/mol. The molecule has 0 aliphatic heterocycles. The third-order valence-electron chi connectivity index (χ3n) is 3.18. The van der Waals surface area contributed by atoms with Crippen molar-refractivity contribution in [1.82, 2.24) is 0 Å². The van der Waals surface area contributed by atoms with Crippen LogP contribution in [0.4, 0.5) is 8.78 Å². The number of rotatable bonds is 4. The lowest BCUT2D eigenvalue weighted by Gasteiger charge is -2.19. The fraction of sp³-hybridized carbons (Fsp3) is 0.176. The highest BCUT2D eigenvalue weighted by Crippen LogP contribution is 2.36. The van der Waals surface area contributed by atoms with E-state index in [1.54, 1.807) is 42.5 Å². The Bertz CT molecular complexity index is 576. The summed E-state index contributed by atoms with van der Waals surface area (Å²) in [5, 5.41) is 9.99. The lowest BCUT2D eigenvalue weighted by Crippen LogP contribution is -2.15. The number of alkyl halides is 2. The summed E-state index contributed by atoms with van der Waals surface area (Å²) in [4.78, 5) is 0. The van der Waals surface area contributed by atoms with E-state index in [4.69, 9.17) is 0 Å². The van der Waals surface area contributed by atoms with Gasteiger partial charge in [-0.15, -0.1) is 0 Å². The van der Waals surface area contributed by atoms with Crippen LogP contribution in [0.25, 0.3) is 0 Å². The first kappa shape index (κ1) is 14.4. The molecule has 0 aliphatic rings. The lowest BCUT2D eigenvalue weighted by atomic mass is 9.98. The van der Waals surface area contributed by atoms with Crippen LogP contribution in [0.3, 0.4) is 0 Å². The second kappa shape index (κ2) is 5.97. The normalized spacial score (nSPS) is 14.1. The standard InChI is InChI=1S/C17H16F2O/c1-13(12-16(20)14-8-4-2-5-9-14)17(18,19)15-10-6-3-7-11-15/h2-12,16,20H,1H3/b13-12+. The van der Waals surface area contributed by atoms with Gasteiger partial charge in [-0.25, -0.2) is 0 Å². The first-order valence-electron chi connectivity index (χ1n) is 6.37. The Morgan fingerprint density at radius 3 is 2.05 bits per heavy atom. The zero-order valence-corrected chi connectivity index (χ0v) is 11.1. The molecule has 0 aliphatic carbocycles. The molecular weight excluding hydrogens is 258 g/mol. The van der Waals surface area contributed by atoms with E-state index in [2.05, 4.69) is 0 Å². The Morgan fingerprint density at radius 1 is 1.00 bits per heavy atom. The van der Waals surface area contributed by atoms with Gasteiger partial charge in [0.15, 0.2) is 0 Å². The fourth-order valence-corrected chi connectivity index (χ4v) is 1.96. The van der Waals surface area contributed by atoms with Gasteiger partial charge in [0.1, 0.15) is 0 Å². The number of aliphatic hydroxyl groups is 1. The quantitative estimate of drug-likeness (QED) is 0.816. The smallest absolute Gasteiger partial charge is 0.294 e. The summed E-state index contributed by atoms with van der Waals surface area (Å²) in [6.07, 6.45) is 0.160. The molecular formula is C17H16F2O. The molecule has 1 atom stereocenters. The summed E-state index contributed by atoms with van der Waals surface area (Å²) in [5.74, 6) is -3.09. The minimum absolute atomic E-state index is 0.0750. The molecule has 2 rings (SSSR count). The Balaban J connectivity index is 2.26. The molecule has 0 bridgehead atoms. The van der Waals surface area contributed by atoms with Crippen LogP contribution in [0.1, 0.15) is 24.2 Å². The Morgan fingerprint density at radius 2 is 1.50 bits per heavy atom. The summed E-state index contributed by atoms with van der Waals surface area (Å²) >= 11 is 0. The van der Waals surface area contributed by atoms with Crippen LogP contribution < -0.4 is 0 Å². The Labute approximate surface area is 117 Å². The minimum Gasteiger partial charge on any atom is -0.384 e. The van der Waals surface area contributed by atoms with Gasteiger partial charge in [-0.2, -0.15) is 8.78 Å². The SMILES string of the molecule is C/C(=C\C(O)c1ccccc1)C(F)(F)c1ccccc1. The molecule has 0 saturated carbocycles. The van der Waals surface area contributed by atoms with Crippen molar-refractivity contribution in [1.29, 1.82) is 0 Å². The van der Waals surface area contributed by atoms with Gasteiger partial charge < -0.3 is 5.11 Å². The maximum Gasteiger partial charge on any atom is 0.294 e. The van der Waals surface area contributed by atoms with E-state index in [0.29, 0.717) is 5.56 Å². The maximum absolute atomic E-state index is 14.2. The lowest BCUT2D eigenvalue weighted by molar-refractivity contribution is 0.0360. The third-order valence-corrected chi connectivity index (χ3v) is 3.18. The number of hydrogen-bond acceptors (Lipinski definition) is 1. The van der Waals surface area contributed by atoms with Gasteiger partial charge in [-0.3, -0.25) is 0 Å².